The fraction of sp³-hybridized carbons (Fsp3) is 0.200. The topological polar surface area (TPSA) is 117 Å². The summed E-state index contributed by atoms with van der Waals surface area (Å²) in [6.45, 7) is 1.45. The van der Waals surface area contributed by atoms with Crippen LogP contribution in [0.4, 0.5) is 5.13 Å². The predicted molar refractivity (Wildman–Crippen MR) is 132 cm³/mol. The Morgan fingerprint density at radius 1 is 1.23 bits per heavy atom. The third-order valence-electron chi connectivity index (χ3n) is 5.72. The summed E-state index contributed by atoms with van der Waals surface area (Å²) >= 11 is 1.39. The molecule has 0 unspecified atom stereocenters. The van der Waals surface area contributed by atoms with Crippen LogP contribution in [-0.4, -0.2) is 50.6 Å². The molecule has 3 heterocycles. The number of nitrogens with one attached hydrogen (secondary N) is 1. The van der Waals surface area contributed by atoms with Crippen molar-refractivity contribution in [1.29, 1.82) is 5.26 Å². The maximum atomic E-state index is 12.5. The Bertz CT molecular complexity index is 1510. The van der Waals surface area contributed by atoms with Gasteiger partial charge in [-0.05, 0) is 43.2 Å². The number of rotatable bonds is 4. The van der Waals surface area contributed by atoms with E-state index in [1.54, 1.807) is 49.4 Å². The number of fused-ring (bicyclic) bond motifs is 3. The second-order valence-electron chi connectivity index (χ2n) is 8.35. The molecule has 1 aromatic carbocycles. The summed E-state index contributed by atoms with van der Waals surface area (Å²) in [5.74, 6) is -0.370. The van der Waals surface area contributed by atoms with E-state index in [4.69, 9.17) is 5.10 Å². The van der Waals surface area contributed by atoms with Crippen LogP contribution < -0.4 is 5.32 Å². The molecular formula is C25H21N7O2S. The van der Waals surface area contributed by atoms with Gasteiger partial charge in [0.15, 0.2) is 5.13 Å². The van der Waals surface area contributed by atoms with Gasteiger partial charge in [0.1, 0.15) is 6.07 Å². The average Bonchev–Trinajstić information content (AvgIpc) is 3.44. The Morgan fingerprint density at radius 2 is 2.06 bits per heavy atom. The number of amides is 2. The van der Waals surface area contributed by atoms with E-state index in [2.05, 4.69) is 21.4 Å². The molecule has 0 bridgehead atoms. The smallest absolute Gasteiger partial charge is 0.253 e. The summed E-state index contributed by atoms with van der Waals surface area (Å²) in [6.07, 6.45) is 4.89. The Kier molecular flexibility index (Phi) is 5.62. The van der Waals surface area contributed by atoms with E-state index in [9.17, 15) is 14.9 Å². The van der Waals surface area contributed by atoms with Crippen LogP contribution in [-0.2, 0) is 17.6 Å². The monoisotopic (exact) mass is 483 g/mol. The summed E-state index contributed by atoms with van der Waals surface area (Å²) in [5, 5.41) is 18.2. The van der Waals surface area contributed by atoms with Crippen LogP contribution in [0.1, 0.15) is 34.1 Å². The molecule has 1 N–H and O–H groups in total. The molecule has 4 aromatic rings. The fourth-order valence-corrected chi connectivity index (χ4v) is 5.30. The van der Waals surface area contributed by atoms with Gasteiger partial charge in [-0.1, -0.05) is 11.3 Å². The standard InChI is InChI=1S/C25H21N7O2S/c1-14(33)28-25-29-19-8-7-18-21(16-5-4-10-27-13-16)30-32(22(18)23(19)35-25)20-9-6-15(11-17(20)12-26)24(34)31(2)3/h4-6,9-11,13H,7-8H2,1-3H3,(H,28,29,33). The zero-order valence-electron chi connectivity index (χ0n) is 19.4. The van der Waals surface area contributed by atoms with Crippen molar-refractivity contribution < 1.29 is 9.59 Å². The zero-order valence-corrected chi connectivity index (χ0v) is 20.2. The minimum Gasteiger partial charge on any atom is -0.345 e. The van der Waals surface area contributed by atoms with E-state index in [1.807, 2.05) is 12.1 Å². The number of hydrogen-bond donors (Lipinski definition) is 1. The quantitative estimate of drug-likeness (QED) is 0.473. The molecule has 0 saturated carbocycles. The molecule has 0 radical (unpaired) electrons. The molecule has 0 atom stereocenters. The van der Waals surface area contributed by atoms with Crippen molar-refractivity contribution in [2.45, 2.75) is 19.8 Å². The number of nitriles is 1. The Balaban J connectivity index is 1.74. The first-order chi connectivity index (χ1) is 16.9. The van der Waals surface area contributed by atoms with Gasteiger partial charge in [0.25, 0.3) is 5.91 Å². The molecule has 0 saturated heterocycles. The van der Waals surface area contributed by atoms with Crippen molar-refractivity contribution in [2.24, 2.45) is 0 Å². The Hall–Kier alpha value is -4.36. The van der Waals surface area contributed by atoms with Gasteiger partial charge >= 0.3 is 0 Å². The number of anilines is 1. The predicted octanol–water partition coefficient (Wildman–Crippen LogP) is 3.69. The van der Waals surface area contributed by atoms with Crippen molar-refractivity contribution in [1.82, 2.24) is 24.6 Å². The second-order valence-corrected chi connectivity index (χ2v) is 9.35. The number of benzene rings is 1. The van der Waals surface area contributed by atoms with Crippen LogP contribution in [0.3, 0.4) is 0 Å². The van der Waals surface area contributed by atoms with Crippen LogP contribution in [0.15, 0.2) is 42.7 Å². The third kappa shape index (κ3) is 3.96. The van der Waals surface area contributed by atoms with Gasteiger partial charge in [0.2, 0.25) is 5.91 Å². The van der Waals surface area contributed by atoms with E-state index in [0.717, 1.165) is 33.1 Å². The number of hydrogen-bond acceptors (Lipinski definition) is 7. The van der Waals surface area contributed by atoms with Crippen LogP contribution in [0, 0.1) is 11.3 Å². The molecule has 1 aliphatic carbocycles. The molecule has 1 aliphatic rings. The van der Waals surface area contributed by atoms with Gasteiger partial charge in [-0.3, -0.25) is 14.6 Å². The number of nitrogens with zero attached hydrogens (tertiary/aromatic N) is 6. The summed E-state index contributed by atoms with van der Waals surface area (Å²) in [5.41, 5.74) is 5.72. The highest BCUT2D eigenvalue weighted by Crippen LogP contribution is 2.44. The summed E-state index contributed by atoms with van der Waals surface area (Å²) in [4.78, 5) is 35.4. The van der Waals surface area contributed by atoms with Crippen molar-refractivity contribution >= 4 is 28.3 Å². The highest BCUT2D eigenvalue weighted by molar-refractivity contribution is 7.19. The Morgan fingerprint density at radius 3 is 2.74 bits per heavy atom. The van der Waals surface area contributed by atoms with E-state index in [-0.39, 0.29) is 11.8 Å². The number of aromatic nitrogens is 4. The van der Waals surface area contributed by atoms with E-state index in [0.29, 0.717) is 34.8 Å². The Labute approximate surface area is 205 Å². The molecule has 0 spiro atoms. The maximum Gasteiger partial charge on any atom is 0.253 e. The van der Waals surface area contributed by atoms with Crippen molar-refractivity contribution in [3.8, 4) is 33.6 Å². The number of carbonyl (C=O) groups is 2. The normalized spacial score (nSPS) is 11.8. The van der Waals surface area contributed by atoms with Gasteiger partial charge in [-0.25, -0.2) is 9.67 Å². The first-order valence-electron chi connectivity index (χ1n) is 10.9. The van der Waals surface area contributed by atoms with Crippen molar-refractivity contribution in [3.05, 3.63) is 65.1 Å². The van der Waals surface area contributed by atoms with Gasteiger partial charge in [-0.2, -0.15) is 10.4 Å². The zero-order chi connectivity index (χ0) is 24.7. The molecule has 2 amide bonds. The number of carbonyl (C=O) groups excluding carboxylic acids is 2. The molecule has 174 valence electrons. The number of pyridine rings is 1. The SMILES string of the molecule is CC(=O)Nc1nc2c(s1)-c1c(c(-c3cccnc3)nn1-c1ccc(C(=O)N(C)C)cc1C#N)CC2. The largest absolute Gasteiger partial charge is 0.345 e. The molecule has 0 fully saturated rings. The summed E-state index contributed by atoms with van der Waals surface area (Å²) in [7, 11) is 3.34. The average molecular weight is 484 g/mol. The minimum atomic E-state index is -0.186. The highest BCUT2D eigenvalue weighted by atomic mass is 32.1. The number of thiazole rings is 1. The molecule has 5 rings (SSSR count). The minimum absolute atomic E-state index is 0.184. The first-order valence-corrected chi connectivity index (χ1v) is 11.7. The lowest BCUT2D eigenvalue weighted by molar-refractivity contribution is -0.114. The molecule has 10 heteroatoms. The second kappa shape index (κ2) is 8.77. The molecular weight excluding hydrogens is 462 g/mol. The van der Waals surface area contributed by atoms with Crippen LogP contribution in [0.5, 0.6) is 0 Å². The first kappa shape index (κ1) is 22.4. The van der Waals surface area contributed by atoms with Gasteiger partial charge in [0, 0.05) is 50.1 Å². The van der Waals surface area contributed by atoms with Crippen LogP contribution in [0.2, 0.25) is 0 Å². The summed E-state index contributed by atoms with van der Waals surface area (Å²) < 4.78 is 1.76. The molecule has 0 aliphatic heterocycles. The van der Waals surface area contributed by atoms with Crippen molar-refractivity contribution in [3.63, 3.8) is 0 Å². The van der Waals surface area contributed by atoms with Crippen LogP contribution >= 0.6 is 11.3 Å². The van der Waals surface area contributed by atoms with Gasteiger partial charge < -0.3 is 10.2 Å². The van der Waals surface area contributed by atoms with E-state index in [1.165, 1.54) is 23.2 Å². The highest BCUT2D eigenvalue weighted by Gasteiger charge is 2.30. The van der Waals surface area contributed by atoms with E-state index < -0.39 is 0 Å². The van der Waals surface area contributed by atoms with Gasteiger partial charge in [-0.15, -0.1) is 0 Å². The molecule has 35 heavy (non-hydrogen) atoms. The van der Waals surface area contributed by atoms with Gasteiger partial charge in [0.05, 0.1) is 33.2 Å². The van der Waals surface area contributed by atoms with Crippen molar-refractivity contribution in [2.75, 3.05) is 19.4 Å². The lowest BCUT2D eigenvalue weighted by atomic mass is 9.95. The maximum absolute atomic E-state index is 12.5. The number of aryl methyl sites for hydroxylation is 1. The molecule has 3 aromatic heterocycles. The van der Waals surface area contributed by atoms with Crippen LogP contribution in [0.25, 0.3) is 27.5 Å². The summed E-state index contributed by atoms with van der Waals surface area (Å²) in [6, 6.07) is 11.1. The fourth-order valence-electron chi connectivity index (χ4n) is 4.18. The lowest BCUT2D eigenvalue weighted by Gasteiger charge is -2.16. The lowest BCUT2D eigenvalue weighted by Crippen LogP contribution is -2.21. The molecule has 9 nitrogen and oxygen atoms in total. The van der Waals surface area contributed by atoms with E-state index >= 15 is 0 Å². The third-order valence-corrected chi connectivity index (χ3v) is 6.74.